The van der Waals surface area contributed by atoms with Gasteiger partial charge in [-0.15, -0.1) is 0 Å². The first-order valence-electron chi connectivity index (χ1n) is 7.14. The van der Waals surface area contributed by atoms with Crippen LogP contribution in [0.5, 0.6) is 5.75 Å². The molecule has 8 heteroatoms. The summed E-state index contributed by atoms with van der Waals surface area (Å²) in [5, 5.41) is 10.6. The number of nitro benzene ring substituents is 1. The fraction of sp³-hybridized carbons (Fsp3) is 0.467. The lowest BCUT2D eigenvalue weighted by Gasteiger charge is -2.32. The summed E-state index contributed by atoms with van der Waals surface area (Å²) in [6, 6.07) is 5.45. The van der Waals surface area contributed by atoms with Crippen molar-refractivity contribution >= 4 is 17.6 Å². The van der Waals surface area contributed by atoms with E-state index in [4.69, 9.17) is 9.47 Å². The standard InChI is InChI=1S/C15H18N2O6/c1-15(14(19)22-2)8-3-9-16(15)13(18)10-23-12-6-4-11(5-7-12)17(20)21/h4-7H,3,8-10H2,1-2H3/t15-/m1/s1. The zero-order valence-corrected chi connectivity index (χ0v) is 13.0. The number of methoxy groups -OCH3 is 1. The number of carbonyl (C=O) groups excluding carboxylic acids is 2. The van der Waals surface area contributed by atoms with Gasteiger partial charge in [0.15, 0.2) is 6.61 Å². The minimum atomic E-state index is -0.968. The number of non-ortho nitro benzene ring substituents is 1. The summed E-state index contributed by atoms with van der Waals surface area (Å²) in [4.78, 5) is 35.7. The van der Waals surface area contributed by atoms with Crippen molar-refractivity contribution in [3.63, 3.8) is 0 Å². The van der Waals surface area contributed by atoms with E-state index in [0.29, 0.717) is 18.7 Å². The molecule has 0 N–H and O–H groups in total. The maximum absolute atomic E-state index is 12.3. The van der Waals surface area contributed by atoms with Gasteiger partial charge in [0.05, 0.1) is 12.0 Å². The fourth-order valence-electron chi connectivity index (χ4n) is 2.68. The minimum absolute atomic E-state index is 0.0542. The van der Waals surface area contributed by atoms with E-state index in [1.807, 2.05) is 0 Å². The Kier molecular flexibility index (Phi) is 4.83. The van der Waals surface area contributed by atoms with Gasteiger partial charge in [-0.25, -0.2) is 4.79 Å². The smallest absolute Gasteiger partial charge is 0.331 e. The van der Waals surface area contributed by atoms with Crippen LogP contribution < -0.4 is 4.74 Å². The number of rotatable bonds is 5. The van der Waals surface area contributed by atoms with E-state index >= 15 is 0 Å². The van der Waals surface area contributed by atoms with Gasteiger partial charge in [-0.05, 0) is 31.9 Å². The van der Waals surface area contributed by atoms with Crippen molar-refractivity contribution in [3.05, 3.63) is 34.4 Å². The van der Waals surface area contributed by atoms with E-state index in [9.17, 15) is 19.7 Å². The van der Waals surface area contributed by atoms with E-state index in [1.165, 1.54) is 36.3 Å². The summed E-state index contributed by atoms with van der Waals surface area (Å²) in [5.41, 5.74) is -1.02. The van der Waals surface area contributed by atoms with Crippen LogP contribution in [-0.2, 0) is 14.3 Å². The molecule has 0 unspecified atom stereocenters. The van der Waals surface area contributed by atoms with E-state index in [1.54, 1.807) is 6.92 Å². The Morgan fingerprint density at radius 1 is 1.35 bits per heavy atom. The number of carbonyl (C=O) groups is 2. The third-order valence-corrected chi connectivity index (χ3v) is 3.98. The summed E-state index contributed by atoms with van der Waals surface area (Å²) in [5.74, 6) is -0.421. The zero-order valence-electron chi connectivity index (χ0n) is 13.0. The van der Waals surface area contributed by atoms with Crippen molar-refractivity contribution in [3.8, 4) is 5.75 Å². The van der Waals surface area contributed by atoms with Crippen molar-refractivity contribution in [2.45, 2.75) is 25.3 Å². The van der Waals surface area contributed by atoms with Crippen molar-refractivity contribution < 1.29 is 24.0 Å². The summed E-state index contributed by atoms with van der Waals surface area (Å²) in [6.45, 7) is 1.90. The summed E-state index contributed by atoms with van der Waals surface area (Å²) >= 11 is 0. The average molecular weight is 322 g/mol. The first-order chi connectivity index (χ1) is 10.9. The number of nitrogens with zero attached hydrogens (tertiary/aromatic N) is 2. The molecule has 2 rings (SSSR count). The number of benzene rings is 1. The molecule has 1 saturated heterocycles. The Hall–Kier alpha value is -2.64. The highest BCUT2D eigenvalue weighted by molar-refractivity contribution is 5.89. The number of nitro groups is 1. The molecule has 23 heavy (non-hydrogen) atoms. The van der Waals surface area contributed by atoms with E-state index in [0.717, 1.165) is 6.42 Å². The van der Waals surface area contributed by atoms with Crippen LogP contribution in [-0.4, -0.2) is 47.5 Å². The second kappa shape index (κ2) is 6.64. The van der Waals surface area contributed by atoms with Crippen molar-refractivity contribution in [2.75, 3.05) is 20.3 Å². The molecule has 1 aromatic carbocycles. The number of likely N-dealkylation sites (tertiary alicyclic amines) is 1. The molecule has 0 bridgehead atoms. The van der Waals surface area contributed by atoms with Gasteiger partial charge < -0.3 is 14.4 Å². The maximum atomic E-state index is 12.3. The van der Waals surface area contributed by atoms with Crippen LogP contribution in [0.2, 0.25) is 0 Å². The molecule has 0 spiro atoms. The van der Waals surface area contributed by atoms with Gasteiger partial charge in [-0.1, -0.05) is 0 Å². The lowest BCUT2D eigenvalue weighted by Crippen LogP contribution is -2.52. The predicted octanol–water partition coefficient (Wildman–Crippen LogP) is 1.53. The van der Waals surface area contributed by atoms with E-state index in [2.05, 4.69) is 0 Å². The molecule has 1 fully saturated rings. The Bertz CT molecular complexity index is 615. The first kappa shape index (κ1) is 16.7. The normalized spacial score (nSPS) is 20.2. The van der Waals surface area contributed by atoms with Gasteiger partial charge in [0, 0.05) is 18.7 Å². The number of hydrogen-bond acceptors (Lipinski definition) is 6. The second-order valence-corrected chi connectivity index (χ2v) is 5.45. The molecule has 8 nitrogen and oxygen atoms in total. The Labute approximate surface area is 133 Å². The molecule has 1 aliphatic heterocycles. The predicted molar refractivity (Wildman–Crippen MR) is 80.0 cm³/mol. The highest BCUT2D eigenvalue weighted by Gasteiger charge is 2.46. The molecule has 124 valence electrons. The van der Waals surface area contributed by atoms with E-state index < -0.39 is 16.4 Å². The largest absolute Gasteiger partial charge is 0.484 e. The number of ether oxygens (including phenoxy) is 2. The van der Waals surface area contributed by atoms with Gasteiger partial charge >= 0.3 is 5.97 Å². The summed E-state index contributed by atoms with van der Waals surface area (Å²) in [6.07, 6.45) is 1.26. The lowest BCUT2D eigenvalue weighted by atomic mass is 9.99. The Balaban J connectivity index is 1.99. The lowest BCUT2D eigenvalue weighted by molar-refractivity contribution is -0.384. The quantitative estimate of drug-likeness (QED) is 0.463. The Morgan fingerprint density at radius 3 is 2.57 bits per heavy atom. The van der Waals surface area contributed by atoms with Gasteiger partial charge in [0.2, 0.25) is 0 Å². The molecule has 1 heterocycles. The Morgan fingerprint density at radius 2 is 2.00 bits per heavy atom. The number of hydrogen-bond donors (Lipinski definition) is 0. The summed E-state index contributed by atoms with van der Waals surface area (Å²) < 4.78 is 10.1. The van der Waals surface area contributed by atoms with Crippen LogP contribution in [0.25, 0.3) is 0 Å². The molecule has 1 aromatic rings. The zero-order chi connectivity index (χ0) is 17.0. The van der Waals surface area contributed by atoms with Crippen LogP contribution >= 0.6 is 0 Å². The van der Waals surface area contributed by atoms with Crippen molar-refractivity contribution in [1.82, 2.24) is 4.90 Å². The molecule has 0 saturated carbocycles. The monoisotopic (exact) mass is 322 g/mol. The maximum Gasteiger partial charge on any atom is 0.331 e. The highest BCUT2D eigenvalue weighted by atomic mass is 16.6. The fourth-order valence-corrected chi connectivity index (χ4v) is 2.68. The number of esters is 1. The highest BCUT2D eigenvalue weighted by Crippen LogP contribution is 2.30. The van der Waals surface area contributed by atoms with Crippen LogP contribution in [0.1, 0.15) is 19.8 Å². The first-order valence-corrected chi connectivity index (χ1v) is 7.14. The third kappa shape index (κ3) is 3.41. The van der Waals surface area contributed by atoms with Crippen LogP contribution in [0.3, 0.4) is 0 Å². The number of amides is 1. The van der Waals surface area contributed by atoms with Crippen molar-refractivity contribution in [1.29, 1.82) is 0 Å². The molecule has 0 radical (unpaired) electrons. The average Bonchev–Trinajstić information content (AvgIpc) is 2.95. The topological polar surface area (TPSA) is 99.0 Å². The van der Waals surface area contributed by atoms with E-state index in [-0.39, 0.29) is 18.2 Å². The molecular formula is C15H18N2O6. The van der Waals surface area contributed by atoms with Gasteiger partial charge in [0.25, 0.3) is 11.6 Å². The molecule has 0 aromatic heterocycles. The SMILES string of the molecule is COC(=O)[C@@]1(C)CCCN1C(=O)COc1ccc([N+](=O)[O-])cc1. The molecular weight excluding hydrogens is 304 g/mol. The van der Waals surface area contributed by atoms with Crippen LogP contribution in [0, 0.1) is 10.1 Å². The molecule has 1 atom stereocenters. The third-order valence-electron chi connectivity index (χ3n) is 3.98. The van der Waals surface area contributed by atoms with Crippen LogP contribution in [0.15, 0.2) is 24.3 Å². The molecule has 0 aliphatic carbocycles. The van der Waals surface area contributed by atoms with Gasteiger partial charge in [-0.3, -0.25) is 14.9 Å². The van der Waals surface area contributed by atoms with Gasteiger partial charge in [0.1, 0.15) is 11.3 Å². The summed E-state index contributed by atoms with van der Waals surface area (Å²) in [7, 11) is 1.29. The van der Waals surface area contributed by atoms with Gasteiger partial charge in [-0.2, -0.15) is 0 Å². The van der Waals surface area contributed by atoms with Crippen LogP contribution in [0.4, 0.5) is 5.69 Å². The minimum Gasteiger partial charge on any atom is -0.484 e. The van der Waals surface area contributed by atoms with Crippen molar-refractivity contribution in [2.24, 2.45) is 0 Å². The molecule has 1 aliphatic rings. The second-order valence-electron chi connectivity index (χ2n) is 5.45. The molecule has 1 amide bonds.